The van der Waals surface area contributed by atoms with Crippen molar-refractivity contribution in [2.45, 2.75) is 44.7 Å². The van der Waals surface area contributed by atoms with Gasteiger partial charge in [-0.25, -0.2) is 4.39 Å². The van der Waals surface area contributed by atoms with Crippen LogP contribution in [0.4, 0.5) is 4.39 Å². The summed E-state index contributed by atoms with van der Waals surface area (Å²) in [5.74, 6) is 6.19. The Balaban J connectivity index is 1.73. The number of nitrogens with two attached hydrogens (primary N) is 1. The van der Waals surface area contributed by atoms with Crippen LogP contribution in [-0.4, -0.2) is 24.0 Å². The van der Waals surface area contributed by atoms with Crippen molar-refractivity contribution in [2.75, 3.05) is 13.1 Å². The van der Waals surface area contributed by atoms with Crippen LogP contribution in [-0.2, 0) is 6.54 Å². The van der Waals surface area contributed by atoms with Gasteiger partial charge in [0.25, 0.3) is 0 Å². The van der Waals surface area contributed by atoms with Crippen molar-refractivity contribution < 1.29 is 4.39 Å². The first-order valence-corrected chi connectivity index (χ1v) is 7.99. The SMILES string of the molecule is NCC#Cc1cc(CN2CCC3CCCCC32)ccc1F. The highest BCUT2D eigenvalue weighted by molar-refractivity contribution is 5.38. The summed E-state index contributed by atoms with van der Waals surface area (Å²) in [5, 5.41) is 0. The van der Waals surface area contributed by atoms with Gasteiger partial charge in [-0.3, -0.25) is 4.90 Å². The molecule has 3 heteroatoms. The molecule has 1 heterocycles. The lowest BCUT2D eigenvalue weighted by Gasteiger charge is -2.31. The van der Waals surface area contributed by atoms with Gasteiger partial charge in [0.15, 0.2) is 0 Å². The van der Waals surface area contributed by atoms with E-state index in [2.05, 4.69) is 16.7 Å². The van der Waals surface area contributed by atoms with Crippen molar-refractivity contribution in [3.63, 3.8) is 0 Å². The van der Waals surface area contributed by atoms with Crippen LogP contribution >= 0.6 is 0 Å². The topological polar surface area (TPSA) is 29.3 Å². The summed E-state index contributed by atoms with van der Waals surface area (Å²) in [7, 11) is 0. The molecule has 0 amide bonds. The molecule has 2 fully saturated rings. The first-order chi connectivity index (χ1) is 10.3. The molecule has 2 atom stereocenters. The fourth-order valence-electron chi connectivity index (χ4n) is 3.85. The van der Waals surface area contributed by atoms with Gasteiger partial charge in [-0.1, -0.05) is 30.7 Å². The first kappa shape index (κ1) is 14.6. The Morgan fingerprint density at radius 3 is 2.95 bits per heavy atom. The molecule has 0 bridgehead atoms. The third-order valence-electron chi connectivity index (χ3n) is 4.87. The molecule has 1 aliphatic carbocycles. The number of halogens is 1. The Labute approximate surface area is 126 Å². The maximum Gasteiger partial charge on any atom is 0.138 e. The average Bonchev–Trinajstić information content (AvgIpc) is 2.91. The Morgan fingerprint density at radius 1 is 1.24 bits per heavy atom. The zero-order valence-corrected chi connectivity index (χ0v) is 12.4. The molecule has 1 saturated carbocycles. The third kappa shape index (κ3) is 3.28. The Hall–Kier alpha value is -1.37. The van der Waals surface area contributed by atoms with Crippen LogP contribution < -0.4 is 5.73 Å². The second kappa shape index (κ2) is 6.60. The predicted molar refractivity (Wildman–Crippen MR) is 83.1 cm³/mol. The van der Waals surface area contributed by atoms with Crippen molar-refractivity contribution in [3.05, 3.63) is 35.1 Å². The zero-order valence-electron chi connectivity index (χ0n) is 12.4. The Bertz CT molecular complexity index is 558. The van der Waals surface area contributed by atoms with Crippen LogP contribution in [0.2, 0.25) is 0 Å². The quantitative estimate of drug-likeness (QED) is 0.847. The van der Waals surface area contributed by atoms with Crippen molar-refractivity contribution in [3.8, 4) is 11.8 Å². The maximum absolute atomic E-state index is 13.7. The van der Waals surface area contributed by atoms with E-state index in [1.54, 1.807) is 0 Å². The number of hydrogen-bond donors (Lipinski definition) is 1. The van der Waals surface area contributed by atoms with Crippen LogP contribution in [0.5, 0.6) is 0 Å². The van der Waals surface area contributed by atoms with E-state index in [-0.39, 0.29) is 12.4 Å². The van der Waals surface area contributed by atoms with E-state index in [1.807, 2.05) is 12.1 Å². The molecular formula is C18H23FN2. The van der Waals surface area contributed by atoms with E-state index >= 15 is 0 Å². The number of fused-ring (bicyclic) bond motifs is 1. The average molecular weight is 286 g/mol. The highest BCUT2D eigenvalue weighted by Crippen LogP contribution is 2.36. The largest absolute Gasteiger partial charge is 0.320 e. The molecule has 112 valence electrons. The van der Waals surface area contributed by atoms with E-state index in [0.29, 0.717) is 5.56 Å². The molecule has 1 saturated heterocycles. The zero-order chi connectivity index (χ0) is 14.7. The molecule has 21 heavy (non-hydrogen) atoms. The third-order valence-corrected chi connectivity index (χ3v) is 4.87. The summed E-state index contributed by atoms with van der Waals surface area (Å²) in [6.45, 7) is 2.36. The molecular weight excluding hydrogens is 263 g/mol. The summed E-state index contributed by atoms with van der Waals surface area (Å²) in [4.78, 5) is 2.58. The number of hydrogen-bond acceptors (Lipinski definition) is 2. The number of benzene rings is 1. The molecule has 0 spiro atoms. The molecule has 0 aromatic heterocycles. The second-order valence-corrected chi connectivity index (χ2v) is 6.19. The van der Waals surface area contributed by atoms with Crippen LogP contribution in [0.1, 0.15) is 43.2 Å². The number of rotatable bonds is 2. The Kier molecular flexibility index (Phi) is 4.57. The van der Waals surface area contributed by atoms with Crippen LogP contribution in [0.15, 0.2) is 18.2 Å². The minimum Gasteiger partial charge on any atom is -0.320 e. The van der Waals surface area contributed by atoms with Gasteiger partial charge in [0.05, 0.1) is 12.1 Å². The molecule has 0 radical (unpaired) electrons. The van der Waals surface area contributed by atoms with Crippen molar-refractivity contribution in [1.82, 2.24) is 4.90 Å². The van der Waals surface area contributed by atoms with Crippen molar-refractivity contribution in [2.24, 2.45) is 11.7 Å². The standard InChI is InChI=1S/C18H23FN2/c19-17-8-7-14(12-16(17)5-3-10-20)13-21-11-9-15-4-1-2-6-18(15)21/h7-8,12,15,18H,1-2,4,6,9-11,13,20H2. The van der Waals surface area contributed by atoms with Gasteiger partial charge in [-0.15, -0.1) is 0 Å². The molecule has 2 nitrogen and oxygen atoms in total. The molecule has 3 rings (SSSR count). The fraction of sp³-hybridized carbons (Fsp3) is 0.556. The monoisotopic (exact) mass is 286 g/mol. The maximum atomic E-state index is 13.7. The molecule has 2 N–H and O–H groups in total. The molecule has 1 aromatic carbocycles. The second-order valence-electron chi connectivity index (χ2n) is 6.19. The Morgan fingerprint density at radius 2 is 2.10 bits per heavy atom. The normalized spacial score (nSPS) is 25.2. The van der Waals surface area contributed by atoms with E-state index in [0.717, 1.165) is 24.1 Å². The van der Waals surface area contributed by atoms with E-state index in [9.17, 15) is 4.39 Å². The van der Waals surface area contributed by atoms with Crippen LogP contribution in [0.3, 0.4) is 0 Å². The van der Waals surface area contributed by atoms with E-state index in [4.69, 9.17) is 5.73 Å². The minimum absolute atomic E-state index is 0.253. The molecule has 2 aliphatic rings. The van der Waals surface area contributed by atoms with Crippen molar-refractivity contribution in [1.29, 1.82) is 0 Å². The van der Waals surface area contributed by atoms with Gasteiger partial charge < -0.3 is 5.73 Å². The van der Waals surface area contributed by atoms with E-state index < -0.39 is 0 Å². The number of likely N-dealkylation sites (tertiary alicyclic amines) is 1. The van der Waals surface area contributed by atoms with Gasteiger partial charge in [0, 0.05) is 12.6 Å². The van der Waals surface area contributed by atoms with Gasteiger partial charge in [-0.05, 0) is 49.4 Å². The van der Waals surface area contributed by atoms with Crippen LogP contribution in [0, 0.1) is 23.6 Å². The lowest BCUT2D eigenvalue weighted by molar-refractivity contribution is 0.176. The van der Waals surface area contributed by atoms with Gasteiger partial charge >= 0.3 is 0 Å². The molecule has 2 unspecified atom stereocenters. The van der Waals surface area contributed by atoms with Crippen LogP contribution in [0.25, 0.3) is 0 Å². The highest BCUT2D eigenvalue weighted by Gasteiger charge is 2.35. The molecule has 1 aromatic rings. The molecule has 1 aliphatic heterocycles. The fourth-order valence-corrected chi connectivity index (χ4v) is 3.85. The summed E-state index contributed by atoms with van der Waals surface area (Å²) in [5.41, 5.74) is 6.99. The summed E-state index contributed by atoms with van der Waals surface area (Å²) in [6.07, 6.45) is 6.79. The number of nitrogens with zero attached hydrogens (tertiary/aromatic N) is 1. The first-order valence-electron chi connectivity index (χ1n) is 7.99. The summed E-state index contributed by atoms with van der Waals surface area (Å²) >= 11 is 0. The smallest absolute Gasteiger partial charge is 0.138 e. The predicted octanol–water partition coefficient (Wildman–Crippen LogP) is 2.90. The van der Waals surface area contributed by atoms with Gasteiger partial charge in [0.1, 0.15) is 5.82 Å². The highest BCUT2D eigenvalue weighted by atomic mass is 19.1. The summed E-state index contributed by atoms with van der Waals surface area (Å²) in [6, 6.07) is 6.04. The van der Waals surface area contributed by atoms with Gasteiger partial charge in [-0.2, -0.15) is 0 Å². The lowest BCUT2D eigenvalue weighted by Crippen LogP contribution is -2.34. The van der Waals surface area contributed by atoms with Gasteiger partial charge in [0.2, 0.25) is 0 Å². The minimum atomic E-state index is -0.253. The lowest BCUT2D eigenvalue weighted by atomic mass is 9.85. The van der Waals surface area contributed by atoms with E-state index in [1.165, 1.54) is 44.7 Å². The summed E-state index contributed by atoms with van der Waals surface area (Å²) < 4.78 is 13.7. The van der Waals surface area contributed by atoms with Crippen molar-refractivity contribution >= 4 is 0 Å².